The number of rotatable bonds is 4. The van der Waals surface area contributed by atoms with Crippen LogP contribution in [0.2, 0.25) is 0 Å². The number of nitrogens with one attached hydrogen (secondary N) is 2. The van der Waals surface area contributed by atoms with Crippen LogP contribution in [0.5, 0.6) is 0 Å². The molecule has 0 bridgehead atoms. The third kappa shape index (κ3) is 4.25. The van der Waals surface area contributed by atoms with Gasteiger partial charge in [0.1, 0.15) is 6.54 Å². The minimum Gasteiger partial charge on any atom is -0.451 e. The fraction of sp³-hybridized carbons (Fsp3) is 0.333. The number of benzene rings is 1. The number of anilines is 1. The minimum absolute atomic E-state index is 0.210. The number of hydrogen-bond donors (Lipinski definition) is 2. The molecule has 1 aliphatic rings. The van der Waals surface area contributed by atoms with Gasteiger partial charge in [-0.15, -0.1) is 11.8 Å². The predicted octanol–water partition coefficient (Wildman–Crippen LogP) is 0.513. The number of ether oxygens (including phenoxy) is 1. The molecule has 0 fully saturated rings. The van der Waals surface area contributed by atoms with Crippen molar-refractivity contribution in [1.82, 2.24) is 10.6 Å². The molecule has 24 heavy (non-hydrogen) atoms. The normalized spacial score (nSPS) is 14.4. The number of imide groups is 1. The average Bonchev–Trinajstić information content (AvgIpc) is 2.57. The smallest absolute Gasteiger partial charge is 0.326 e. The largest absolute Gasteiger partial charge is 0.451 e. The molecule has 0 saturated carbocycles. The van der Waals surface area contributed by atoms with Gasteiger partial charge >= 0.3 is 12.0 Å². The van der Waals surface area contributed by atoms with Gasteiger partial charge in [-0.1, -0.05) is 12.1 Å². The standard InChI is InChI=1S/C15H17N3O5S/c1-9(14(21)17-15(22)16-2)23-13(20)7-18-10-5-3-4-6-11(10)24-8-12(18)19/h3-6,9H,7-8H2,1-2H3,(H2,16,17,21,22). The van der Waals surface area contributed by atoms with E-state index < -0.39 is 24.0 Å². The lowest BCUT2D eigenvalue weighted by atomic mass is 10.2. The summed E-state index contributed by atoms with van der Waals surface area (Å²) in [6.45, 7) is 1.05. The highest BCUT2D eigenvalue weighted by molar-refractivity contribution is 8.00. The van der Waals surface area contributed by atoms with Crippen molar-refractivity contribution in [3.8, 4) is 0 Å². The molecule has 1 aromatic carbocycles. The number of carbonyl (C=O) groups is 4. The first-order chi connectivity index (χ1) is 11.4. The first-order valence-electron chi connectivity index (χ1n) is 7.16. The van der Waals surface area contributed by atoms with Gasteiger partial charge in [-0.05, 0) is 19.1 Å². The number of hydrogen-bond acceptors (Lipinski definition) is 6. The van der Waals surface area contributed by atoms with Gasteiger partial charge in [0.15, 0.2) is 6.10 Å². The van der Waals surface area contributed by atoms with Crippen molar-refractivity contribution in [3.05, 3.63) is 24.3 Å². The van der Waals surface area contributed by atoms with E-state index >= 15 is 0 Å². The second kappa shape index (κ2) is 7.82. The Hall–Kier alpha value is -2.55. The summed E-state index contributed by atoms with van der Waals surface area (Å²) in [7, 11) is 1.36. The minimum atomic E-state index is -1.15. The number of fused-ring (bicyclic) bond motifs is 1. The molecule has 0 spiro atoms. The average molecular weight is 351 g/mol. The van der Waals surface area contributed by atoms with Crippen molar-refractivity contribution in [2.45, 2.75) is 17.9 Å². The molecule has 1 atom stereocenters. The zero-order valence-electron chi connectivity index (χ0n) is 13.2. The SMILES string of the molecule is CNC(=O)NC(=O)C(C)OC(=O)CN1C(=O)CSc2ccccc21. The van der Waals surface area contributed by atoms with Gasteiger partial charge in [0, 0.05) is 11.9 Å². The fourth-order valence-corrected chi connectivity index (χ4v) is 2.96. The highest BCUT2D eigenvalue weighted by Gasteiger charge is 2.28. The Morgan fingerprint density at radius 1 is 1.33 bits per heavy atom. The first-order valence-corrected chi connectivity index (χ1v) is 8.15. The molecular weight excluding hydrogens is 334 g/mol. The second-order valence-electron chi connectivity index (χ2n) is 4.94. The Bertz CT molecular complexity index is 679. The van der Waals surface area contributed by atoms with Crippen molar-refractivity contribution in [2.75, 3.05) is 24.2 Å². The number of nitrogens with zero attached hydrogens (tertiary/aromatic N) is 1. The van der Waals surface area contributed by atoms with Crippen molar-refractivity contribution < 1.29 is 23.9 Å². The Balaban J connectivity index is 1.98. The quantitative estimate of drug-likeness (QED) is 0.766. The molecule has 0 aromatic heterocycles. The molecule has 1 aliphatic heterocycles. The van der Waals surface area contributed by atoms with E-state index in [1.165, 1.54) is 30.6 Å². The van der Waals surface area contributed by atoms with Crippen molar-refractivity contribution in [3.63, 3.8) is 0 Å². The highest BCUT2D eigenvalue weighted by atomic mass is 32.2. The topological polar surface area (TPSA) is 105 Å². The van der Waals surface area contributed by atoms with Crippen LogP contribution in [-0.4, -0.2) is 49.3 Å². The molecule has 4 amide bonds. The van der Waals surface area contributed by atoms with Crippen LogP contribution >= 0.6 is 11.8 Å². The summed E-state index contributed by atoms with van der Waals surface area (Å²) in [5.41, 5.74) is 0.637. The molecule has 0 aliphatic carbocycles. The van der Waals surface area contributed by atoms with E-state index in [2.05, 4.69) is 5.32 Å². The monoisotopic (exact) mass is 351 g/mol. The van der Waals surface area contributed by atoms with Gasteiger partial charge in [0.2, 0.25) is 5.91 Å². The first kappa shape index (κ1) is 17.8. The van der Waals surface area contributed by atoms with E-state index in [1.807, 2.05) is 17.4 Å². The summed E-state index contributed by atoms with van der Waals surface area (Å²) >= 11 is 1.40. The van der Waals surface area contributed by atoms with Gasteiger partial charge < -0.3 is 10.1 Å². The maximum absolute atomic E-state index is 12.1. The Morgan fingerprint density at radius 2 is 2.04 bits per heavy atom. The van der Waals surface area contributed by atoms with Crippen LogP contribution < -0.4 is 15.5 Å². The van der Waals surface area contributed by atoms with Crippen LogP contribution in [-0.2, 0) is 19.1 Å². The second-order valence-corrected chi connectivity index (χ2v) is 5.95. The van der Waals surface area contributed by atoms with Crippen LogP contribution in [0.15, 0.2) is 29.2 Å². The summed E-state index contributed by atoms with van der Waals surface area (Å²) in [5, 5.41) is 4.23. The van der Waals surface area contributed by atoms with Crippen LogP contribution in [0.1, 0.15) is 6.92 Å². The van der Waals surface area contributed by atoms with Crippen molar-refractivity contribution in [2.24, 2.45) is 0 Å². The Kier molecular flexibility index (Phi) is 5.80. The highest BCUT2D eigenvalue weighted by Crippen LogP contribution is 2.34. The van der Waals surface area contributed by atoms with Gasteiger partial charge in [-0.25, -0.2) is 4.79 Å². The van der Waals surface area contributed by atoms with Gasteiger partial charge in [-0.2, -0.15) is 0 Å². The molecule has 1 heterocycles. The molecule has 128 valence electrons. The summed E-state index contributed by atoms with van der Waals surface area (Å²) in [6, 6.07) is 6.54. The third-order valence-electron chi connectivity index (χ3n) is 3.24. The predicted molar refractivity (Wildman–Crippen MR) is 87.7 cm³/mol. The molecule has 0 saturated heterocycles. The lowest BCUT2D eigenvalue weighted by Gasteiger charge is -2.28. The zero-order valence-corrected chi connectivity index (χ0v) is 14.0. The molecule has 2 rings (SSSR count). The number of esters is 1. The van der Waals surface area contributed by atoms with Crippen LogP contribution in [0.25, 0.3) is 0 Å². The molecule has 0 radical (unpaired) electrons. The van der Waals surface area contributed by atoms with E-state index in [-0.39, 0.29) is 18.2 Å². The third-order valence-corrected chi connectivity index (χ3v) is 4.28. The van der Waals surface area contributed by atoms with Gasteiger partial charge in [0.05, 0.1) is 11.4 Å². The molecular formula is C15H17N3O5S. The van der Waals surface area contributed by atoms with Crippen molar-refractivity contribution >= 4 is 41.3 Å². The molecule has 1 aromatic rings. The molecule has 2 N–H and O–H groups in total. The van der Waals surface area contributed by atoms with E-state index in [0.717, 1.165) is 4.90 Å². The van der Waals surface area contributed by atoms with E-state index in [9.17, 15) is 19.2 Å². The summed E-state index contributed by atoms with van der Waals surface area (Å²) in [6.07, 6.45) is -1.15. The number of urea groups is 1. The Labute approximate surface area is 142 Å². The lowest BCUT2D eigenvalue weighted by molar-refractivity contribution is -0.153. The van der Waals surface area contributed by atoms with E-state index in [0.29, 0.717) is 5.69 Å². The van der Waals surface area contributed by atoms with E-state index in [1.54, 1.807) is 12.1 Å². The number of thioether (sulfide) groups is 1. The molecule has 9 heteroatoms. The number of carbonyl (C=O) groups excluding carboxylic acids is 4. The Morgan fingerprint density at radius 3 is 2.75 bits per heavy atom. The molecule has 8 nitrogen and oxygen atoms in total. The van der Waals surface area contributed by atoms with Crippen LogP contribution in [0.4, 0.5) is 10.5 Å². The van der Waals surface area contributed by atoms with Gasteiger partial charge in [-0.3, -0.25) is 24.6 Å². The fourth-order valence-electron chi connectivity index (χ4n) is 2.02. The lowest BCUT2D eigenvalue weighted by Crippen LogP contribution is -2.45. The summed E-state index contributed by atoms with van der Waals surface area (Å²) in [5.74, 6) is -1.46. The van der Waals surface area contributed by atoms with Gasteiger partial charge in [0.25, 0.3) is 5.91 Å². The number of amides is 4. The maximum Gasteiger partial charge on any atom is 0.326 e. The maximum atomic E-state index is 12.1. The molecule has 1 unspecified atom stereocenters. The zero-order chi connectivity index (χ0) is 17.7. The van der Waals surface area contributed by atoms with Crippen molar-refractivity contribution in [1.29, 1.82) is 0 Å². The van der Waals surface area contributed by atoms with Crippen LogP contribution in [0, 0.1) is 0 Å². The number of para-hydroxylation sites is 1. The summed E-state index contributed by atoms with van der Waals surface area (Å²) in [4.78, 5) is 49.1. The van der Waals surface area contributed by atoms with Crippen LogP contribution in [0.3, 0.4) is 0 Å². The van der Waals surface area contributed by atoms with E-state index in [4.69, 9.17) is 4.74 Å². The summed E-state index contributed by atoms with van der Waals surface area (Å²) < 4.78 is 4.99.